The molecule has 1 aromatic carbocycles. The van der Waals surface area contributed by atoms with Crippen molar-refractivity contribution in [3.63, 3.8) is 0 Å². The zero-order valence-electron chi connectivity index (χ0n) is 12.8. The van der Waals surface area contributed by atoms with Crippen LogP contribution in [0.2, 0.25) is 0 Å². The van der Waals surface area contributed by atoms with Crippen LogP contribution in [0.3, 0.4) is 0 Å². The molecule has 0 saturated heterocycles. The molecule has 9 heteroatoms. The lowest BCUT2D eigenvalue weighted by atomic mass is 9.98. The standard InChI is InChI=1S/C15H16F3N3O2S/c1-10(11-5-3-2-4-6-11)7-13-20-21-14(23-13)24-8-12(22)19-9-15(16,17)18/h2-6,10H,7-9H2,1H3,(H,19,22). The van der Waals surface area contributed by atoms with Gasteiger partial charge in [0.2, 0.25) is 11.8 Å². The maximum atomic E-state index is 12.0. The van der Waals surface area contributed by atoms with Gasteiger partial charge in [0.05, 0.1) is 5.75 Å². The van der Waals surface area contributed by atoms with Crippen molar-refractivity contribution in [3.05, 3.63) is 41.8 Å². The van der Waals surface area contributed by atoms with E-state index in [1.807, 2.05) is 37.3 Å². The number of halogens is 3. The third kappa shape index (κ3) is 6.23. The van der Waals surface area contributed by atoms with Gasteiger partial charge in [-0.05, 0) is 11.5 Å². The summed E-state index contributed by atoms with van der Waals surface area (Å²) in [6.07, 6.45) is -3.89. The van der Waals surface area contributed by atoms with Gasteiger partial charge in [0.25, 0.3) is 5.22 Å². The Morgan fingerprint density at radius 2 is 2.00 bits per heavy atom. The Kier molecular flexibility index (Phi) is 6.24. The average molecular weight is 359 g/mol. The van der Waals surface area contributed by atoms with Gasteiger partial charge < -0.3 is 9.73 Å². The second kappa shape index (κ2) is 8.18. The van der Waals surface area contributed by atoms with Gasteiger partial charge >= 0.3 is 6.18 Å². The second-order valence-electron chi connectivity index (χ2n) is 5.16. The first kappa shape index (κ1) is 18.3. The molecule has 1 aromatic heterocycles. The van der Waals surface area contributed by atoms with Crippen molar-refractivity contribution in [1.82, 2.24) is 15.5 Å². The molecule has 0 bridgehead atoms. The molecule has 0 aliphatic carbocycles. The largest absolute Gasteiger partial charge is 0.416 e. The van der Waals surface area contributed by atoms with Crippen LogP contribution < -0.4 is 5.32 Å². The van der Waals surface area contributed by atoms with Crippen molar-refractivity contribution in [2.75, 3.05) is 12.3 Å². The highest BCUT2D eigenvalue weighted by atomic mass is 32.2. The lowest BCUT2D eigenvalue weighted by Gasteiger charge is -2.08. The molecule has 1 N–H and O–H groups in total. The van der Waals surface area contributed by atoms with Crippen molar-refractivity contribution in [3.8, 4) is 0 Å². The molecule has 0 aliphatic rings. The number of thioether (sulfide) groups is 1. The summed E-state index contributed by atoms with van der Waals surface area (Å²) in [5.74, 6) is -0.356. The number of nitrogens with one attached hydrogen (secondary N) is 1. The zero-order valence-corrected chi connectivity index (χ0v) is 13.7. The van der Waals surface area contributed by atoms with Crippen LogP contribution in [0.15, 0.2) is 40.0 Å². The van der Waals surface area contributed by atoms with Gasteiger partial charge in [-0.3, -0.25) is 4.79 Å². The fourth-order valence-corrected chi connectivity index (χ4v) is 2.53. The summed E-state index contributed by atoms with van der Waals surface area (Å²) in [5.41, 5.74) is 1.14. The molecule has 2 rings (SSSR count). The highest BCUT2D eigenvalue weighted by Crippen LogP contribution is 2.22. The summed E-state index contributed by atoms with van der Waals surface area (Å²) in [4.78, 5) is 11.3. The lowest BCUT2D eigenvalue weighted by molar-refractivity contribution is -0.136. The fourth-order valence-electron chi connectivity index (χ4n) is 1.92. The molecule has 0 radical (unpaired) electrons. The first-order valence-electron chi connectivity index (χ1n) is 7.17. The average Bonchev–Trinajstić information content (AvgIpc) is 2.98. The van der Waals surface area contributed by atoms with Gasteiger partial charge in [-0.2, -0.15) is 13.2 Å². The van der Waals surface area contributed by atoms with E-state index in [4.69, 9.17) is 4.42 Å². The number of carbonyl (C=O) groups excluding carboxylic acids is 1. The predicted molar refractivity (Wildman–Crippen MR) is 82.6 cm³/mol. The van der Waals surface area contributed by atoms with E-state index in [1.165, 1.54) is 0 Å². The number of carbonyl (C=O) groups is 1. The Balaban J connectivity index is 1.80. The predicted octanol–water partition coefficient (Wildman–Crippen LogP) is 3.19. The lowest BCUT2D eigenvalue weighted by Crippen LogP contribution is -2.34. The third-order valence-corrected chi connectivity index (χ3v) is 3.93. The van der Waals surface area contributed by atoms with E-state index in [2.05, 4.69) is 10.2 Å². The van der Waals surface area contributed by atoms with Gasteiger partial charge in [-0.25, -0.2) is 0 Å². The number of alkyl halides is 3. The Hall–Kier alpha value is -2.03. The monoisotopic (exact) mass is 359 g/mol. The molecule has 1 heterocycles. The number of rotatable bonds is 7. The maximum Gasteiger partial charge on any atom is 0.405 e. The smallest absolute Gasteiger partial charge is 0.405 e. The van der Waals surface area contributed by atoms with E-state index in [0.717, 1.165) is 17.3 Å². The number of hydrogen-bond donors (Lipinski definition) is 1. The molecule has 0 aliphatic heterocycles. The van der Waals surface area contributed by atoms with Crippen LogP contribution in [0.4, 0.5) is 13.2 Å². The van der Waals surface area contributed by atoms with E-state index in [0.29, 0.717) is 12.3 Å². The van der Waals surface area contributed by atoms with E-state index in [-0.39, 0.29) is 16.9 Å². The molecule has 1 atom stereocenters. The van der Waals surface area contributed by atoms with Crippen LogP contribution in [-0.2, 0) is 11.2 Å². The molecule has 0 fully saturated rings. The van der Waals surface area contributed by atoms with Crippen LogP contribution in [0.25, 0.3) is 0 Å². The minimum atomic E-state index is -4.43. The van der Waals surface area contributed by atoms with Crippen molar-refractivity contribution in [1.29, 1.82) is 0 Å². The first-order valence-corrected chi connectivity index (χ1v) is 8.15. The topological polar surface area (TPSA) is 68.0 Å². The fraction of sp³-hybridized carbons (Fsp3) is 0.400. The molecule has 1 unspecified atom stereocenters. The van der Waals surface area contributed by atoms with E-state index in [9.17, 15) is 18.0 Å². The van der Waals surface area contributed by atoms with Crippen LogP contribution in [-0.4, -0.2) is 34.6 Å². The summed E-state index contributed by atoms with van der Waals surface area (Å²) >= 11 is 0.903. The molecule has 0 spiro atoms. The molecule has 130 valence electrons. The number of aromatic nitrogens is 2. The third-order valence-electron chi connectivity index (χ3n) is 3.11. The number of benzene rings is 1. The van der Waals surface area contributed by atoms with Gasteiger partial charge in [-0.1, -0.05) is 49.0 Å². The van der Waals surface area contributed by atoms with Crippen molar-refractivity contribution in [2.45, 2.75) is 30.7 Å². The summed E-state index contributed by atoms with van der Waals surface area (Å²) in [6, 6.07) is 9.83. The zero-order chi connectivity index (χ0) is 17.6. The van der Waals surface area contributed by atoms with Gasteiger partial charge in [0.15, 0.2) is 0 Å². The van der Waals surface area contributed by atoms with Crippen LogP contribution in [0.1, 0.15) is 24.3 Å². The summed E-state index contributed by atoms with van der Waals surface area (Å²) in [6.45, 7) is 0.674. The SMILES string of the molecule is CC(Cc1nnc(SCC(=O)NCC(F)(F)F)o1)c1ccccc1. The Morgan fingerprint density at radius 1 is 1.29 bits per heavy atom. The van der Waals surface area contributed by atoms with Gasteiger partial charge in [-0.15, -0.1) is 10.2 Å². The molecule has 2 aromatic rings. The van der Waals surface area contributed by atoms with Gasteiger partial charge in [0, 0.05) is 6.42 Å². The Bertz CT molecular complexity index is 661. The Labute approximate surface area is 141 Å². The summed E-state index contributed by atoms with van der Waals surface area (Å²) in [7, 11) is 0. The first-order chi connectivity index (χ1) is 11.3. The normalized spacial score (nSPS) is 12.8. The van der Waals surface area contributed by atoms with E-state index >= 15 is 0 Å². The molecular weight excluding hydrogens is 343 g/mol. The Morgan fingerprint density at radius 3 is 2.67 bits per heavy atom. The number of hydrogen-bond acceptors (Lipinski definition) is 5. The van der Waals surface area contributed by atoms with Crippen molar-refractivity contribution in [2.24, 2.45) is 0 Å². The minimum Gasteiger partial charge on any atom is -0.416 e. The minimum absolute atomic E-state index is 0.160. The quantitative estimate of drug-likeness (QED) is 0.769. The summed E-state index contributed by atoms with van der Waals surface area (Å²) < 4.78 is 41.4. The maximum absolute atomic E-state index is 12.0. The molecule has 1 amide bonds. The second-order valence-corrected chi connectivity index (χ2v) is 6.08. The van der Waals surface area contributed by atoms with E-state index in [1.54, 1.807) is 5.32 Å². The van der Waals surface area contributed by atoms with Crippen molar-refractivity contribution >= 4 is 17.7 Å². The molecule has 0 saturated carbocycles. The van der Waals surface area contributed by atoms with E-state index < -0.39 is 18.6 Å². The molecular formula is C15H16F3N3O2S. The van der Waals surface area contributed by atoms with Crippen LogP contribution in [0.5, 0.6) is 0 Å². The highest BCUT2D eigenvalue weighted by Gasteiger charge is 2.27. The molecule has 5 nitrogen and oxygen atoms in total. The van der Waals surface area contributed by atoms with Crippen molar-refractivity contribution < 1.29 is 22.4 Å². The van der Waals surface area contributed by atoms with Crippen LogP contribution >= 0.6 is 11.8 Å². The van der Waals surface area contributed by atoms with Crippen LogP contribution in [0, 0.1) is 0 Å². The molecule has 24 heavy (non-hydrogen) atoms. The number of amides is 1. The number of nitrogens with zero attached hydrogens (tertiary/aromatic N) is 2. The highest BCUT2D eigenvalue weighted by molar-refractivity contribution is 7.99. The summed E-state index contributed by atoms with van der Waals surface area (Å²) in [5, 5.41) is 9.62. The van der Waals surface area contributed by atoms with Gasteiger partial charge in [0.1, 0.15) is 6.54 Å².